The van der Waals surface area contributed by atoms with Crippen molar-refractivity contribution in [2.45, 2.75) is 13.1 Å². The van der Waals surface area contributed by atoms with Crippen molar-refractivity contribution in [3.8, 4) is 17.2 Å². The Hall–Kier alpha value is -13.3. The molecule has 542 valence electrons. The molecule has 0 atom stereocenters. The summed E-state index contributed by atoms with van der Waals surface area (Å²) in [4.78, 5) is 124. The first-order valence-corrected chi connectivity index (χ1v) is 34.0. The van der Waals surface area contributed by atoms with Crippen LogP contribution in [0.4, 0.5) is 38.5 Å². The number of ether oxygens (including phenoxy) is 3. The van der Waals surface area contributed by atoms with Crippen LogP contribution in [0, 0.1) is 36.2 Å². The van der Waals surface area contributed by atoms with E-state index in [0.29, 0.717) is 162 Å². The normalized spacial score (nSPS) is 13.7. The summed E-state index contributed by atoms with van der Waals surface area (Å²) in [5, 5.41) is 38.1. The second-order valence-corrected chi connectivity index (χ2v) is 25.2. The van der Waals surface area contributed by atoms with Gasteiger partial charge in [0.2, 0.25) is 0 Å². The third-order valence-electron chi connectivity index (χ3n) is 19.1. The fourth-order valence-corrected chi connectivity index (χ4v) is 13.7. The highest BCUT2D eigenvalue weighted by Crippen LogP contribution is 2.38. The minimum Gasteiger partial charge on any atom is -0.497 e. The molecule has 3 saturated heterocycles. The second kappa shape index (κ2) is 32.0. The number of piperazine rings is 3. The minimum atomic E-state index is -0.732. The summed E-state index contributed by atoms with van der Waals surface area (Å²) in [6.45, 7) is 4.69. The molecule has 3 aliphatic heterocycles. The van der Waals surface area contributed by atoms with Gasteiger partial charge in [0, 0.05) is 118 Å². The van der Waals surface area contributed by atoms with Crippen molar-refractivity contribution in [2.75, 3.05) is 115 Å². The molecule has 14 rings (SSSR count). The number of anilines is 3. The Morgan fingerprint density at radius 1 is 0.368 bits per heavy atom. The van der Waals surface area contributed by atoms with Gasteiger partial charge in [-0.15, -0.1) is 0 Å². The van der Waals surface area contributed by atoms with Gasteiger partial charge in [-0.2, -0.15) is 0 Å². The summed E-state index contributed by atoms with van der Waals surface area (Å²) in [5.74, 6) is 1.23. The average molecular weight is 1440 g/mol. The summed E-state index contributed by atoms with van der Waals surface area (Å²) in [6, 6.07) is 57.2. The van der Waals surface area contributed by atoms with Gasteiger partial charge in [0.15, 0.2) is 0 Å². The number of pyridine rings is 3. The van der Waals surface area contributed by atoms with Gasteiger partial charge in [-0.1, -0.05) is 97.1 Å². The summed E-state index contributed by atoms with van der Waals surface area (Å²) in [6.07, 6.45) is 0. The molecule has 0 bridgehead atoms. The van der Waals surface area contributed by atoms with E-state index in [-0.39, 0.29) is 36.5 Å². The number of fused-ring (bicyclic) bond motifs is 3. The Morgan fingerprint density at radius 2 is 0.651 bits per heavy atom. The molecule has 6 heterocycles. The summed E-state index contributed by atoms with van der Waals surface area (Å²) >= 11 is 0. The number of benzene rings is 8. The maximum Gasteiger partial charge on any atom is 0.357 e. The molecule has 11 aromatic rings. The van der Waals surface area contributed by atoms with Crippen molar-refractivity contribution in [3.63, 3.8) is 0 Å². The molecule has 3 amide bonds. The number of carbonyl (C=O) groups excluding carboxylic acids is 3. The van der Waals surface area contributed by atoms with Crippen LogP contribution >= 0.6 is 0 Å². The van der Waals surface area contributed by atoms with Crippen molar-refractivity contribution in [2.24, 2.45) is 7.05 Å². The number of nitrogens with zero attached hydrogens (tertiary/aromatic N) is 12. The molecular formula is C78H73FN12O15. The molecule has 0 aliphatic carbocycles. The van der Waals surface area contributed by atoms with E-state index in [1.165, 1.54) is 32.9 Å². The number of methoxy groups -OCH3 is 3. The monoisotopic (exact) mass is 1440 g/mol. The highest BCUT2D eigenvalue weighted by Gasteiger charge is 2.36. The lowest BCUT2D eigenvalue weighted by molar-refractivity contribution is -0.385. The van der Waals surface area contributed by atoms with Crippen LogP contribution in [0.25, 0.3) is 32.7 Å². The number of aryl methyl sites for hydroxylation is 1. The zero-order valence-electron chi connectivity index (χ0n) is 58.3. The van der Waals surface area contributed by atoms with Crippen molar-refractivity contribution < 1.29 is 47.8 Å². The molecule has 8 aromatic carbocycles. The lowest BCUT2D eigenvalue weighted by atomic mass is 10.1. The van der Waals surface area contributed by atoms with E-state index in [1.807, 2.05) is 69.3 Å². The molecule has 3 aliphatic rings. The van der Waals surface area contributed by atoms with Gasteiger partial charge < -0.3 is 48.2 Å². The van der Waals surface area contributed by atoms with Crippen LogP contribution in [0.1, 0.15) is 42.2 Å². The number of halogens is 1. The predicted octanol–water partition coefficient (Wildman–Crippen LogP) is 10.4. The number of amides is 3. The third-order valence-corrected chi connectivity index (χ3v) is 19.1. The Labute approximate surface area is 605 Å². The van der Waals surface area contributed by atoms with Crippen molar-refractivity contribution in [1.82, 2.24) is 28.4 Å². The molecule has 0 radical (unpaired) electrons. The Kier molecular flexibility index (Phi) is 21.9. The zero-order chi connectivity index (χ0) is 74.9. The second-order valence-electron chi connectivity index (χ2n) is 25.2. The Balaban J connectivity index is 0.000000150. The Bertz CT molecular complexity index is 5330. The smallest absolute Gasteiger partial charge is 0.357 e. The standard InChI is InChI=1S/C28H25FN4O5.C28H26N4O5.C22H22N4O5/c1-38-22-12-8-20(9-13-22)27(34)31-16-14-30(15-17-31)25-23-4-2-3-5-24(23)32(28(35)26(25)33(36)37)18-19-6-10-21(29)11-7-19;1-37-22-13-11-21(12-14-22)27(33)30-17-15-29(16-18-30)25-23-9-5-6-10-24(23)31(28(34)26(25)32(35)36)19-20-7-3-2-4-8-20;1-23-18-6-4-3-5-17(18)19(20(22(23)28)26(29)30)24-11-13-25(14-12-24)21(27)15-7-9-16(31-2)10-8-15/h2-13H,14-18H2,1H3;2-14H,15-19H2,1H3;3-10H,11-14H2,1-2H3. The Morgan fingerprint density at radius 3 is 0.972 bits per heavy atom. The number of carbonyl (C=O) groups is 3. The minimum absolute atomic E-state index is 0.0604. The van der Waals surface area contributed by atoms with Crippen LogP contribution in [-0.2, 0) is 20.1 Å². The number of hydrogen-bond donors (Lipinski definition) is 0. The van der Waals surface area contributed by atoms with Crippen LogP contribution in [-0.4, -0.2) is 161 Å². The quantitative estimate of drug-likeness (QED) is 0.0641. The van der Waals surface area contributed by atoms with Crippen molar-refractivity contribution in [3.05, 3.63) is 295 Å². The highest BCUT2D eigenvalue weighted by molar-refractivity contribution is 6.01. The maximum absolute atomic E-state index is 13.5. The van der Waals surface area contributed by atoms with E-state index in [9.17, 15) is 63.5 Å². The van der Waals surface area contributed by atoms with Gasteiger partial charge >= 0.3 is 33.7 Å². The first-order chi connectivity index (χ1) is 51.3. The molecule has 0 N–H and O–H groups in total. The van der Waals surface area contributed by atoms with E-state index >= 15 is 0 Å². The summed E-state index contributed by atoms with van der Waals surface area (Å²) in [7, 11) is 6.22. The van der Waals surface area contributed by atoms with Crippen LogP contribution in [0.2, 0.25) is 0 Å². The fourth-order valence-electron chi connectivity index (χ4n) is 13.7. The van der Waals surface area contributed by atoms with Crippen molar-refractivity contribution >= 4 is 84.6 Å². The molecule has 106 heavy (non-hydrogen) atoms. The van der Waals surface area contributed by atoms with Crippen LogP contribution in [0.3, 0.4) is 0 Å². The first-order valence-electron chi connectivity index (χ1n) is 34.0. The third kappa shape index (κ3) is 15.1. The number of aromatic nitrogens is 3. The lowest BCUT2D eigenvalue weighted by Crippen LogP contribution is -2.49. The van der Waals surface area contributed by atoms with Gasteiger partial charge in [-0.05, 0) is 114 Å². The number of para-hydroxylation sites is 3. The molecule has 0 unspecified atom stereocenters. The van der Waals surface area contributed by atoms with E-state index in [0.717, 1.165) is 5.56 Å². The molecule has 27 nitrogen and oxygen atoms in total. The zero-order valence-corrected chi connectivity index (χ0v) is 58.3. The maximum atomic E-state index is 13.5. The van der Waals surface area contributed by atoms with Gasteiger partial charge in [0.1, 0.15) is 40.1 Å². The van der Waals surface area contributed by atoms with Crippen LogP contribution < -0.4 is 45.6 Å². The average Bonchev–Trinajstić information content (AvgIpc) is 0.758. The van der Waals surface area contributed by atoms with Gasteiger partial charge in [0.25, 0.3) is 17.7 Å². The molecule has 28 heteroatoms. The summed E-state index contributed by atoms with van der Waals surface area (Å²) in [5.41, 5.74) is 2.44. The van der Waals surface area contributed by atoms with Crippen LogP contribution in [0.15, 0.2) is 215 Å². The molecule has 0 saturated carbocycles. The van der Waals surface area contributed by atoms with E-state index in [4.69, 9.17) is 14.2 Å². The van der Waals surface area contributed by atoms with Gasteiger partial charge in [-0.3, -0.25) is 68.2 Å². The van der Waals surface area contributed by atoms with E-state index < -0.39 is 54.3 Å². The topological polar surface area (TPSA) is 294 Å². The summed E-state index contributed by atoms with van der Waals surface area (Å²) < 4.78 is 33.0. The van der Waals surface area contributed by atoms with E-state index in [2.05, 4.69) is 0 Å². The fraction of sp³-hybridized carbons (Fsp3) is 0.231. The van der Waals surface area contributed by atoms with Gasteiger partial charge in [0.05, 0.1) is 65.7 Å². The predicted molar refractivity (Wildman–Crippen MR) is 400 cm³/mol. The van der Waals surface area contributed by atoms with Gasteiger partial charge in [-0.25, -0.2) is 4.39 Å². The van der Waals surface area contributed by atoms with E-state index in [1.54, 1.807) is 169 Å². The number of hydrogen-bond acceptors (Lipinski definition) is 18. The van der Waals surface area contributed by atoms with Crippen molar-refractivity contribution in [1.29, 1.82) is 0 Å². The number of nitro groups is 3. The molecular weight excluding hydrogens is 1360 g/mol. The largest absolute Gasteiger partial charge is 0.497 e. The first kappa shape index (κ1) is 72.5. The van der Waals surface area contributed by atoms with Crippen LogP contribution in [0.5, 0.6) is 17.2 Å². The SMILES string of the molecule is COc1ccc(C(=O)N2CCN(c3c([N+](=O)[O-])c(=O)n(C)c4ccccc34)CC2)cc1.COc1ccc(C(=O)N2CCN(c3c([N+](=O)[O-])c(=O)n(Cc4ccc(F)cc4)c4ccccc34)CC2)cc1.COc1ccc(C(=O)N2CCN(c3c([N+](=O)[O-])c(=O)n(Cc4ccccc4)c4ccccc34)CC2)cc1. The molecule has 3 fully saturated rings. The molecule has 3 aromatic heterocycles. The number of rotatable bonds is 16. The highest BCUT2D eigenvalue weighted by atomic mass is 19.1. The molecule has 0 spiro atoms. The lowest BCUT2D eigenvalue weighted by Gasteiger charge is -2.36.